The average molecular weight is 234 g/mol. The first kappa shape index (κ1) is 12.3. The molecule has 0 N–H and O–H groups in total. The molecule has 0 bridgehead atoms. The van der Waals surface area contributed by atoms with E-state index < -0.39 is 19.6 Å². The van der Waals surface area contributed by atoms with E-state index in [1.54, 1.807) is 32.0 Å². The van der Waals surface area contributed by atoms with Crippen LogP contribution >= 0.6 is 7.37 Å². The van der Waals surface area contributed by atoms with Gasteiger partial charge in [-0.05, 0) is 26.0 Å². The third-order valence-corrected chi connectivity index (χ3v) is 4.01. The molecule has 1 atom stereocenters. The largest absolute Gasteiger partial charge is 0.319 e. The molecular weight excluding hydrogens is 221 g/mol. The summed E-state index contributed by atoms with van der Waals surface area (Å²) in [5.74, 6) is 0. The minimum absolute atomic E-state index is 0.0636. The number of halogens is 2. The van der Waals surface area contributed by atoms with Gasteiger partial charge in [0.1, 0.15) is 0 Å². The Morgan fingerprint density at radius 2 is 1.73 bits per heavy atom. The Hall–Kier alpha value is -0.730. The summed E-state index contributed by atoms with van der Waals surface area (Å²) in [4.78, 5) is 0. The van der Waals surface area contributed by atoms with Crippen molar-refractivity contribution in [1.29, 1.82) is 0 Å². The molecule has 0 aliphatic carbocycles. The molecule has 0 saturated carbocycles. The minimum Gasteiger partial charge on any atom is -0.319 e. The van der Waals surface area contributed by atoms with Crippen LogP contribution in [-0.2, 0) is 9.09 Å². The van der Waals surface area contributed by atoms with Gasteiger partial charge in [0.05, 0.1) is 6.10 Å². The summed E-state index contributed by atoms with van der Waals surface area (Å²) < 4.78 is 42.3. The highest BCUT2D eigenvalue weighted by atomic mass is 31.2. The van der Waals surface area contributed by atoms with Gasteiger partial charge in [0.15, 0.2) is 0 Å². The van der Waals surface area contributed by atoms with Crippen LogP contribution in [0.5, 0.6) is 0 Å². The second kappa shape index (κ2) is 4.86. The standard InChI is InChI=1S/C10H13F2O2P/c1-8(2)14-15(13,10(11)12)9-6-4-3-5-7-9/h3-8,10H,1-2H3. The number of alkyl halides is 2. The Bertz CT molecular complexity index is 352. The summed E-state index contributed by atoms with van der Waals surface area (Å²) in [7, 11) is -4.03. The van der Waals surface area contributed by atoms with Crippen LogP contribution in [0.1, 0.15) is 13.8 Å². The van der Waals surface area contributed by atoms with Gasteiger partial charge >= 0.3 is 6.17 Å². The fourth-order valence-electron chi connectivity index (χ4n) is 1.17. The summed E-state index contributed by atoms with van der Waals surface area (Å²) in [6, 6.07) is 7.60. The molecule has 0 aliphatic rings. The minimum atomic E-state index is -4.03. The van der Waals surface area contributed by atoms with Crippen molar-refractivity contribution in [2.45, 2.75) is 26.1 Å². The van der Waals surface area contributed by atoms with Crippen LogP contribution in [-0.4, -0.2) is 12.3 Å². The molecule has 2 nitrogen and oxygen atoms in total. The number of benzene rings is 1. The Morgan fingerprint density at radius 1 is 1.20 bits per heavy atom. The summed E-state index contributed by atoms with van der Waals surface area (Å²) in [6.07, 6.45) is -3.48. The molecule has 0 amide bonds. The topological polar surface area (TPSA) is 26.3 Å². The molecule has 0 spiro atoms. The predicted octanol–water partition coefficient (Wildman–Crippen LogP) is 3.24. The van der Waals surface area contributed by atoms with Gasteiger partial charge in [0.25, 0.3) is 7.37 Å². The van der Waals surface area contributed by atoms with Gasteiger partial charge in [-0.15, -0.1) is 0 Å². The Morgan fingerprint density at radius 3 is 2.13 bits per heavy atom. The molecule has 0 saturated heterocycles. The lowest BCUT2D eigenvalue weighted by molar-refractivity contribution is 0.174. The van der Waals surface area contributed by atoms with Crippen LogP contribution in [0.4, 0.5) is 8.78 Å². The van der Waals surface area contributed by atoms with Crippen molar-refractivity contribution in [3.05, 3.63) is 30.3 Å². The molecule has 0 fully saturated rings. The lowest BCUT2D eigenvalue weighted by Crippen LogP contribution is -2.16. The molecule has 1 unspecified atom stereocenters. The summed E-state index contributed by atoms with van der Waals surface area (Å²) in [5.41, 5.74) is 0. The Balaban J connectivity index is 3.08. The second-order valence-electron chi connectivity index (χ2n) is 3.36. The van der Waals surface area contributed by atoms with Crippen LogP contribution in [0, 0.1) is 0 Å². The summed E-state index contributed by atoms with van der Waals surface area (Å²) in [6.45, 7) is 3.16. The first-order valence-corrected chi connectivity index (χ1v) is 6.28. The van der Waals surface area contributed by atoms with Gasteiger partial charge in [-0.25, -0.2) is 0 Å². The van der Waals surface area contributed by atoms with E-state index in [9.17, 15) is 13.3 Å². The van der Waals surface area contributed by atoms with Crippen LogP contribution in [0.2, 0.25) is 0 Å². The SMILES string of the molecule is CC(C)OP(=O)(c1ccccc1)C(F)F. The molecule has 5 heteroatoms. The van der Waals surface area contributed by atoms with E-state index in [4.69, 9.17) is 4.52 Å². The van der Waals surface area contributed by atoms with Crippen molar-refractivity contribution in [3.63, 3.8) is 0 Å². The maximum Gasteiger partial charge on any atom is 0.316 e. The van der Waals surface area contributed by atoms with Crippen molar-refractivity contribution in [2.24, 2.45) is 0 Å². The molecule has 1 aromatic rings. The molecule has 1 aromatic carbocycles. The Labute approximate surface area is 87.7 Å². The quantitative estimate of drug-likeness (QED) is 0.747. The predicted molar refractivity (Wildman–Crippen MR) is 55.9 cm³/mol. The van der Waals surface area contributed by atoms with Crippen molar-refractivity contribution in [2.75, 3.05) is 0 Å². The first-order valence-electron chi connectivity index (χ1n) is 4.58. The molecule has 0 heterocycles. The maximum atomic E-state index is 12.7. The molecule has 15 heavy (non-hydrogen) atoms. The van der Waals surface area contributed by atoms with Crippen molar-refractivity contribution < 1.29 is 17.9 Å². The van der Waals surface area contributed by atoms with Crippen molar-refractivity contribution >= 4 is 12.7 Å². The fourth-order valence-corrected chi connectivity index (χ4v) is 2.82. The van der Waals surface area contributed by atoms with Gasteiger partial charge in [0.2, 0.25) is 0 Å². The highest BCUT2D eigenvalue weighted by Crippen LogP contribution is 2.52. The van der Waals surface area contributed by atoms with E-state index in [2.05, 4.69) is 0 Å². The van der Waals surface area contributed by atoms with E-state index in [0.717, 1.165) is 0 Å². The highest BCUT2D eigenvalue weighted by Gasteiger charge is 2.37. The van der Waals surface area contributed by atoms with Crippen LogP contribution < -0.4 is 5.30 Å². The maximum absolute atomic E-state index is 12.7. The van der Waals surface area contributed by atoms with Crippen LogP contribution in [0.15, 0.2) is 30.3 Å². The number of hydrogen-bond donors (Lipinski definition) is 0. The van der Waals surface area contributed by atoms with E-state index >= 15 is 0 Å². The zero-order valence-corrected chi connectivity index (χ0v) is 9.46. The van der Waals surface area contributed by atoms with Gasteiger partial charge < -0.3 is 4.52 Å². The van der Waals surface area contributed by atoms with Gasteiger partial charge in [0, 0.05) is 5.30 Å². The monoisotopic (exact) mass is 234 g/mol. The third-order valence-electron chi connectivity index (χ3n) is 1.74. The lowest BCUT2D eigenvalue weighted by Gasteiger charge is -2.20. The highest BCUT2D eigenvalue weighted by molar-refractivity contribution is 7.67. The normalized spacial score (nSPS) is 15.6. The van der Waals surface area contributed by atoms with Gasteiger partial charge in [-0.1, -0.05) is 18.2 Å². The van der Waals surface area contributed by atoms with E-state index in [1.807, 2.05) is 0 Å². The smallest absolute Gasteiger partial charge is 0.316 e. The molecule has 84 valence electrons. The number of rotatable bonds is 4. The average Bonchev–Trinajstić information content (AvgIpc) is 2.17. The molecule has 0 aromatic heterocycles. The molecule has 1 rings (SSSR count). The zero-order chi connectivity index (χ0) is 11.5. The van der Waals surface area contributed by atoms with Crippen LogP contribution in [0.3, 0.4) is 0 Å². The number of hydrogen-bond acceptors (Lipinski definition) is 2. The van der Waals surface area contributed by atoms with Crippen LogP contribution in [0.25, 0.3) is 0 Å². The second-order valence-corrected chi connectivity index (χ2v) is 5.68. The van der Waals surface area contributed by atoms with Crippen molar-refractivity contribution in [3.8, 4) is 0 Å². The van der Waals surface area contributed by atoms with E-state index in [-0.39, 0.29) is 5.30 Å². The van der Waals surface area contributed by atoms with Gasteiger partial charge in [-0.2, -0.15) is 8.78 Å². The van der Waals surface area contributed by atoms with E-state index in [1.165, 1.54) is 12.1 Å². The molecular formula is C10H13F2O2P. The lowest BCUT2D eigenvalue weighted by atomic mass is 10.4. The van der Waals surface area contributed by atoms with Gasteiger partial charge in [-0.3, -0.25) is 4.57 Å². The Kier molecular flexibility index (Phi) is 4.00. The fraction of sp³-hybridized carbons (Fsp3) is 0.400. The molecule has 0 radical (unpaired) electrons. The summed E-state index contributed by atoms with van der Waals surface area (Å²) in [5, 5.41) is 0.0636. The summed E-state index contributed by atoms with van der Waals surface area (Å²) >= 11 is 0. The van der Waals surface area contributed by atoms with Crippen molar-refractivity contribution in [1.82, 2.24) is 0 Å². The first-order chi connectivity index (χ1) is 6.97. The zero-order valence-electron chi connectivity index (χ0n) is 8.56. The van der Waals surface area contributed by atoms with E-state index in [0.29, 0.717) is 0 Å². The third kappa shape index (κ3) is 2.86. The molecule has 0 aliphatic heterocycles.